The summed E-state index contributed by atoms with van der Waals surface area (Å²) in [5.74, 6) is 0.800. The highest BCUT2D eigenvalue weighted by molar-refractivity contribution is 9.11. The fourth-order valence-corrected chi connectivity index (χ4v) is 3.36. The summed E-state index contributed by atoms with van der Waals surface area (Å²) in [7, 11) is 0. The number of thiophene rings is 1. The van der Waals surface area contributed by atoms with E-state index < -0.39 is 0 Å². The van der Waals surface area contributed by atoms with Gasteiger partial charge in [-0.3, -0.25) is 0 Å². The lowest BCUT2D eigenvalue weighted by atomic mass is 10.3. The predicted octanol–water partition coefficient (Wildman–Crippen LogP) is 5.51. The van der Waals surface area contributed by atoms with Gasteiger partial charge in [-0.2, -0.15) is 0 Å². The van der Waals surface area contributed by atoms with E-state index in [1.54, 1.807) is 11.3 Å². The van der Waals surface area contributed by atoms with Gasteiger partial charge in [0.15, 0.2) is 0 Å². The van der Waals surface area contributed by atoms with Crippen molar-refractivity contribution in [2.24, 2.45) is 0 Å². The summed E-state index contributed by atoms with van der Waals surface area (Å²) in [6.07, 6.45) is 0. The molecule has 0 amide bonds. The molecule has 2 rings (SSSR count). The van der Waals surface area contributed by atoms with Gasteiger partial charge in [-0.15, -0.1) is 11.3 Å². The molecule has 5 heteroatoms. The van der Waals surface area contributed by atoms with Gasteiger partial charge in [0.25, 0.3) is 0 Å². The first-order chi connectivity index (χ1) is 7.65. The number of halogens is 3. The van der Waals surface area contributed by atoms with E-state index in [0.29, 0.717) is 11.6 Å². The zero-order chi connectivity index (χ0) is 11.5. The average molecular weight is 383 g/mol. The van der Waals surface area contributed by atoms with Crippen molar-refractivity contribution in [2.75, 3.05) is 0 Å². The predicted molar refractivity (Wildman–Crippen MR) is 75.5 cm³/mol. The Bertz CT molecular complexity index is 498. The van der Waals surface area contributed by atoms with Crippen molar-refractivity contribution in [1.29, 1.82) is 0 Å². The van der Waals surface area contributed by atoms with Crippen LogP contribution < -0.4 is 4.74 Å². The van der Waals surface area contributed by atoms with Crippen molar-refractivity contribution in [3.05, 3.63) is 48.5 Å². The Hall–Kier alpha value is -0.0300. The van der Waals surface area contributed by atoms with Crippen LogP contribution in [0.4, 0.5) is 0 Å². The van der Waals surface area contributed by atoms with Crippen LogP contribution in [0, 0.1) is 0 Å². The van der Waals surface area contributed by atoms with E-state index in [0.717, 1.165) is 14.0 Å². The molecule has 0 aliphatic carbocycles. The third kappa shape index (κ3) is 3.23. The van der Waals surface area contributed by atoms with Crippen LogP contribution >= 0.6 is 54.8 Å². The van der Waals surface area contributed by atoms with E-state index in [1.165, 1.54) is 4.88 Å². The van der Waals surface area contributed by atoms with Crippen LogP contribution in [0.25, 0.3) is 0 Å². The Balaban J connectivity index is 2.04. The van der Waals surface area contributed by atoms with Crippen LogP contribution in [0.3, 0.4) is 0 Å². The number of hydrogen-bond donors (Lipinski definition) is 0. The first kappa shape index (κ1) is 12.4. The lowest BCUT2D eigenvalue weighted by molar-refractivity contribution is 0.308. The average Bonchev–Trinajstić information content (AvgIpc) is 2.63. The molecular weight excluding hydrogens is 375 g/mol. The molecule has 0 spiro atoms. The highest BCUT2D eigenvalue weighted by Crippen LogP contribution is 2.29. The molecule has 0 atom stereocenters. The Morgan fingerprint density at radius 1 is 1.19 bits per heavy atom. The van der Waals surface area contributed by atoms with Crippen molar-refractivity contribution < 1.29 is 4.74 Å². The molecule has 0 saturated carbocycles. The number of hydrogen-bond acceptors (Lipinski definition) is 2. The van der Waals surface area contributed by atoms with Gasteiger partial charge in [-0.25, -0.2) is 0 Å². The maximum atomic E-state index is 5.85. The molecule has 1 aromatic carbocycles. The Labute approximate surface area is 120 Å². The SMILES string of the molecule is Clc1ccc(OCc2ccc(Br)s2)c(Br)c1. The van der Waals surface area contributed by atoms with Gasteiger partial charge < -0.3 is 4.74 Å². The van der Waals surface area contributed by atoms with Gasteiger partial charge in [0, 0.05) is 9.90 Å². The smallest absolute Gasteiger partial charge is 0.134 e. The Kier molecular flexibility index (Phi) is 4.30. The molecule has 0 aliphatic rings. The van der Waals surface area contributed by atoms with Crippen LogP contribution in [0.2, 0.25) is 5.02 Å². The molecule has 0 N–H and O–H groups in total. The molecule has 1 nitrogen and oxygen atoms in total. The highest BCUT2D eigenvalue weighted by atomic mass is 79.9. The van der Waals surface area contributed by atoms with Gasteiger partial charge in [-0.05, 0) is 62.2 Å². The summed E-state index contributed by atoms with van der Waals surface area (Å²) in [6.45, 7) is 0.566. The zero-order valence-corrected chi connectivity index (χ0v) is 12.8. The molecule has 0 radical (unpaired) electrons. The maximum absolute atomic E-state index is 5.85. The minimum atomic E-state index is 0.566. The normalized spacial score (nSPS) is 10.4. The summed E-state index contributed by atoms with van der Waals surface area (Å²) >= 11 is 14.3. The lowest BCUT2D eigenvalue weighted by Crippen LogP contribution is -1.93. The molecule has 0 unspecified atom stereocenters. The van der Waals surface area contributed by atoms with Crippen LogP contribution in [-0.2, 0) is 6.61 Å². The van der Waals surface area contributed by atoms with Gasteiger partial charge in [0.2, 0.25) is 0 Å². The molecule has 1 aromatic heterocycles. The van der Waals surface area contributed by atoms with Gasteiger partial charge in [0.05, 0.1) is 8.26 Å². The summed E-state index contributed by atoms with van der Waals surface area (Å²) < 4.78 is 7.66. The standard InChI is InChI=1S/C11H7Br2ClOS/c12-9-5-7(14)1-3-10(9)15-6-8-2-4-11(13)16-8/h1-5H,6H2. The van der Waals surface area contributed by atoms with E-state index in [4.69, 9.17) is 16.3 Å². The van der Waals surface area contributed by atoms with E-state index in [1.807, 2.05) is 30.3 Å². The second kappa shape index (κ2) is 5.54. The van der Waals surface area contributed by atoms with Crippen LogP contribution in [0.15, 0.2) is 38.6 Å². The zero-order valence-electron chi connectivity index (χ0n) is 8.04. The minimum absolute atomic E-state index is 0.566. The first-order valence-corrected chi connectivity index (χ1v) is 7.25. The summed E-state index contributed by atoms with van der Waals surface area (Å²) in [5.41, 5.74) is 0. The highest BCUT2D eigenvalue weighted by Gasteiger charge is 2.03. The third-order valence-electron chi connectivity index (χ3n) is 1.89. The third-order valence-corrected chi connectivity index (χ3v) is 4.34. The molecule has 16 heavy (non-hydrogen) atoms. The van der Waals surface area contributed by atoms with Gasteiger partial charge >= 0.3 is 0 Å². The molecular formula is C11H7Br2ClOS. The first-order valence-electron chi connectivity index (χ1n) is 4.47. The molecule has 0 aliphatic heterocycles. The van der Waals surface area contributed by atoms with Gasteiger partial charge in [-0.1, -0.05) is 11.6 Å². The number of rotatable bonds is 3. The molecule has 2 aromatic rings. The van der Waals surface area contributed by atoms with E-state index >= 15 is 0 Å². The van der Waals surface area contributed by atoms with Crippen LogP contribution in [0.1, 0.15) is 4.88 Å². The van der Waals surface area contributed by atoms with Crippen molar-refractivity contribution in [1.82, 2.24) is 0 Å². The van der Waals surface area contributed by atoms with Crippen molar-refractivity contribution in [3.63, 3.8) is 0 Å². The van der Waals surface area contributed by atoms with Gasteiger partial charge in [0.1, 0.15) is 12.4 Å². The van der Waals surface area contributed by atoms with Crippen molar-refractivity contribution in [2.45, 2.75) is 6.61 Å². The quantitative estimate of drug-likeness (QED) is 0.681. The monoisotopic (exact) mass is 380 g/mol. The second-order valence-corrected chi connectivity index (χ2v) is 6.91. The summed E-state index contributed by atoms with van der Waals surface area (Å²) in [6, 6.07) is 9.54. The largest absolute Gasteiger partial charge is 0.487 e. The topological polar surface area (TPSA) is 9.23 Å². The number of ether oxygens (including phenoxy) is 1. The number of benzene rings is 1. The fourth-order valence-electron chi connectivity index (χ4n) is 1.17. The van der Waals surface area contributed by atoms with E-state index in [9.17, 15) is 0 Å². The summed E-state index contributed by atoms with van der Waals surface area (Å²) in [5, 5.41) is 0.693. The molecule has 0 saturated heterocycles. The Morgan fingerprint density at radius 3 is 2.62 bits per heavy atom. The van der Waals surface area contributed by atoms with Crippen molar-refractivity contribution >= 4 is 54.8 Å². The van der Waals surface area contributed by atoms with Crippen molar-refractivity contribution in [3.8, 4) is 5.75 Å². The Morgan fingerprint density at radius 2 is 2.00 bits per heavy atom. The van der Waals surface area contributed by atoms with Crippen LogP contribution in [-0.4, -0.2) is 0 Å². The summed E-state index contributed by atoms with van der Waals surface area (Å²) in [4.78, 5) is 1.17. The fraction of sp³-hybridized carbons (Fsp3) is 0.0909. The molecule has 1 heterocycles. The minimum Gasteiger partial charge on any atom is -0.487 e. The van der Waals surface area contributed by atoms with E-state index in [2.05, 4.69) is 31.9 Å². The second-order valence-electron chi connectivity index (χ2n) is 3.07. The lowest BCUT2D eigenvalue weighted by Gasteiger charge is -2.06. The van der Waals surface area contributed by atoms with Crippen LogP contribution in [0.5, 0.6) is 5.75 Å². The molecule has 84 valence electrons. The van der Waals surface area contributed by atoms with E-state index in [-0.39, 0.29) is 0 Å². The molecule has 0 fully saturated rings. The molecule has 0 bridgehead atoms. The maximum Gasteiger partial charge on any atom is 0.134 e.